The minimum atomic E-state index is -0.611. The third kappa shape index (κ3) is 0.866. The smallest absolute Gasteiger partial charge is 0.204 e. The van der Waals surface area contributed by atoms with Gasteiger partial charge >= 0.3 is 0 Å². The molecule has 1 atom stereocenters. The minimum absolute atomic E-state index is 0.566. The van der Waals surface area contributed by atoms with Gasteiger partial charge in [0.2, 0.25) is 6.23 Å². The fourth-order valence-corrected chi connectivity index (χ4v) is 0.324. The number of hydroxylamine groups is 1. The van der Waals surface area contributed by atoms with Crippen molar-refractivity contribution >= 4 is 6.34 Å². The summed E-state index contributed by atoms with van der Waals surface area (Å²) < 4.78 is 11.4. The average Bonchev–Trinajstić information content (AvgIpc) is 2.14. The summed E-state index contributed by atoms with van der Waals surface area (Å²) in [5.74, 6) is 0. The Morgan fingerprint density at radius 1 is 2.00 bits per heavy atom. The summed E-state index contributed by atoms with van der Waals surface area (Å²) in [7, 11) is 0. The number of nitrogens with zero attached hydrogens (tertiary/aromatic N) is 1. The highest BCUT2D eigenvalue weighted by atomic mass is 19.1. The number of nitrogens with one attached hydrogen (secondary N) is 1. The van der Waals surface area contributed by atoms with Gasteiger partial charge in [0.25, 0.3) is 0 Å². The third-order valence-electron chi connectivity index (χ3n) is 0.630. The maximum atomic E-state index is 11.4. The second kappa shape index (κ2) is 1.88. The molecule has 1 N–H and O–H groups in total. The summed E-state index contributed by atoms with van der Waals surface area (Å²) >= 11 is 0. The van der Waals surface area contributed by atoms with Gasteiger partial charge in [0.05, 0.1) is 0 Å². The first-order valence-corrected chi connectivity index (χ1v) is 1.92. The van der Waals surface area contributed by atoms with Gasteiger partial charge in [0.15, 0.2) is 0 Å². The van der Waals surface area contributed by atoms with Gasteiger partial charge in [-0.3, -0.25) is 5.48 Å². The predicted octanol–water partition coefficient (Wildman–Crippen LogP) is -0.155. The van der Waals surface area contributed by atoms with E-state index >= 15 is 0 Å². The molecule has 1 rings (SSSR count). The number of halogens is 1. The van der Waals surface area contributed by atoms with Crippen LogP contribution in [-0.4, -0.2) is 19.2 Å². The Morgan fingerprint density at radius 3 is 3.14 bits per heavy atom. The van der Waals surface area contributed by atoms with E-state index in [0.29, 0.717) is 0 Å². The molecule has 0 fully saturated rings. The van der Waals surface area contributed by atoms with Crippen LogP contribution in [0, 0.1) is 0 Å². The van der Waals surface area contributed by atoms with Crippen LogP contribution in [0.15, 0.2) is 4.99 Å². The van der Waals surface area contributed by atoms with E-state index < -0.39 is 12.9 Å². The summed E-state index contributed by atoms with van der Waals surface area (Å²) in [6.07, 6.45) is 0.713. The second-order valence-corrected chi connectivity index (χ2v) is 1.12. The fraction of sp³-hybridized carbons (Fsp3) is 0.667. The van der Waals surface area contributed by atoms with Crippen molar-refractivity contribution in [3.63, 3.8) is 0 Å². The quantitative estimate of drug-likeness (QED) is 0.501. The molecular weight excluding hydrogens is 99.0 g/mol. The standard InChI is InChI=1S/C3H5FN2O/c4-1-3-5-2-6-7-3/h2-3H,1H2,(H,5,6). The summed E-state index contributed by atoms with van der Waals surface area (Å²) in [5, 5.41) is 0. The van der Waals surface area contributed by atoms with Crippen LogP contribution in [0.5, 0.6) is 0 Å². The van der Waals surface area contributed by atoms with E-state index in [1.807, 2.05) is 0 Å². The largest absolute Gasteiger partial charge is 0.254 e. The summed E-state index contributed by atoms with van der Waals surface area (Å²) in [5.41, 5.74) is 2.29. The first kappa shape index (κ1) is 4.52. The Kier molecular flexibility index (Phi) is 1.21. The van der Waals surface area contributed by atoms with Gasteiger partial charge in [-0.05, 0) is 0 Å². The third-order valence-corrected chi connectivity index (χ3v) is 0.630. The van der Waals surface area contributed by atoms with E-state index in [4.69, 9.17) is 0 Å². The Hall–Kier alpha value is -0.640. The summed E-state index contributed by atoms with van der Waals surface area (Å²) in [6.45, 7) is -0.566. The van der Waals surface area contributed by atoms with Gasteiger partial charge in [0.1, 0.15) is 13.0 Å². The van der Waals surface area contributed by atoms with Crippen LogP contribution >= 0.6 is 0 Å². The lowest BCUT2D eigenvalue weighted by atomic mass is 10.7. The molecule has 0 aromatic heterocycles. The molecule has 0 spiro atoms. The fourth-order valence-electron chi connectivity index (χ4n) is 0.324. The molecule has 1 heterocycles. The summed E-state index contributed by atoms with van der Waals surface area (Å²) in [4.78, 5) is 7.98. The molecule has 0 radical (unpaired) electrons. The SMILES string of the molecule is FCC1N=CNO1. The Labute approximate surface area is 40.1 Å². The molecule has 0 aromatic rings. The van der Waals surface area contributed by atoms with Crippen LogP contribution < -0.4 is 5.48 Å². The van der Waals surface area contributed by atoms with Gasteiger partial charge in [-0.25, -0.2) is 14.2 Å². The maximum Gasteiger partial charge on any atom is 0.204 e. The van der Waals surface area contributed by atoms with Gasteiger partial charge in [-0.15, -0.1) is 0 Å². The van der Waals surface area contributed by atoms with Gasteiger partial charge in [-0.2, -0.15) is 0 Å². The normalized spacial score (nSPS) is 27.9. The highest BCUT2D eigenvalue weighted by molar-refractivity contribution is 5.54. The van der Waals surface area contributed by atoms with Crippen molar-refractivity contribution in [1.82, 2.24) is 5.48 Å². The van der Waals surface area contributed by atoms with E-state index in [9.17, 15) is 4.39 Å². The van der Waals surface area contributed by atoms with Crippen molar-refractivity contribution in [2.24, 2.45) is 4.99 Å². The van der Waals surface area contributed by atoms with Crippen molar-refractivity contribution < 1.29 is 9.23 Å². The van der Waals surface area contributed by atoms with E-state index in [0.717, 1.165) is 0 Å². The first-order valence-electron chi connectivity index (χ1n) is 1.92. The predicted molar refractivity (Wildman–Crippen MR) is 22.5 cm³/mol. The number of hydrogen-bond acceptors (Lipinski definition) is 3. The van der Waals surface area contributed by atoms with Crippen molar-refractivity contribution in [2.75, 3.05) is 6.67 Å². The molecule has 0 bridgehead atoms. The van der Waals surface area contributed by atoms with Crippen molar-refractivity contribution in [3.8, 4) is 0 Å². The van der Waals surface area contributed by atoms with Crippen LogP contribution in [0.3, 0.4) is 0 Å². The van der Waals surface area contributed by atoms with E-state index in [2.05, 4.69) is 15.3 Å². The monoisotopic (exact) mass is 104 g/mol. The zero-order valence-corrected chi connectivity index (χ0v) is 3.60. The minimum Gasteiger partial charge on any atom is -0.254 e. The van der Waals surface area contributed by atoms with E-state index in [1.54, 1.807) is 0 Å². The first-order chi connectivity index (χ1) is 3.43. The molecule has 0 aliphatic carbocycles. The molecule has 0 amide bonds. The van der Waals surface area contributed by atoms with Crippen LogP contribution in [-0.2, 0) is 4.84 Å². The number of alkyl halides is 1. The molecule has 1 aliphatic rings. The molecule has 0 aromatic carbocycles. The molecule has 7 heavy (non-hydrogen) atoms. The average molecular weight is 104 g/mol. The van der Waals surface area contributed by atoms with Crippen LogP contribution in [0.1, 0.15) is 0 Å². The lowest BCUT2D eigenvalue weighted by Gasteiger charge is -1.95. The molecule has 0 saturated heterocycles. The molecule has 3 nitrogen and oxygen atoms in total. The number of hydrogen-bond donors (Lipinski definition) is 1. The highest BCUT2D eigenvalue weighted by Gasteiger charge is 2.07. The molecule has 0 saturated carbocycles. The van der Waals surface area contributed by atoms with Crippen molar-refractivity contribution in [2.45, 2.75) is 6.23 Å². The molecule has 40 valence electrons. The van der Waals surface area contributed by atoms with Gasteiger partial charge in [0, 0.05) is 0 Å². The van der Waals surface area contributed by atoms with Crippen LogP contribution in [0.25, 0.3) is 0 Å². The van der Waals surface area contributed by atoms with Crippen molar-refractivity contribution in [3.05, 3.63) is 0 Å². The van der Waals surface area contributed by atoms with E-state index in [1.165, 1.54) is 6.34 Å². The molecular formula is C3H5FN2O. The lowest BCUT2D eigenvalue weighted by molar-refractivity contribution is 0.0244. The van der Waals surface area contributed by atoms with Crippen LogP contribution in [0.2, 0.25) is 0 Å². The zero-order valence-electron chi connectivity index (χ0n) is 3.60. The topological polar surface area (TPSA) is 33.6 Å². The van der Waals surface area contributed by atoms with Gasteiger partial charge < -0.3 is 0 Å². The number of rotatable bonds is 1. The molecule has 1 unspecified atom stereocenters. The lowest BCUT2D eigenvalue weighted by Crippen LogP contribution is -2.12. The zero-order chi connectivity index (χ0) is 5.11. The van der Waals surface area contributed by atoms with Gasteiger partial charge in [-0.1, -0.05) is 0 Å². The Bertz CT molecular complexity index is 85.0. The second-order valence-electron chi connectivity index (χ2n) is 1.12. The Balaban J connectivity index is 2.28. The number of aliphatic imine (C=N–C) groups is 1. The van der Waals surface area contributed by atoms with E-state index in [-0.39, 0.29) is 0 Å². The Morgan fingerprint density at radius 2 is 2.86 bits per heavy atom. The highest BCUT2D eigenvalue weighted by Crippen LogP contribution is 1.94. The molecule has 1 aliphatic heterocycles. The molecule has 4 heteroatoms. The van der Waals surface area contributed by atoms with Crippen LogP contribution in [0.4, 0.5) is 4.39 Å². The maximum absolute atomic E-state index is 11.4. The van der Waals surface area contributed by atoms with Crippen molar-refractivity contribution in [1.29, 1.82) is 0 Å². The summed E-state index contributed by atoms with van der Waals surface area (Å²) in [6, 6.07) is 0.